The van der Waals surface area contributed by atoms with Crippen LogP contribution in [0.1, 0.15) is 66.9 Å². The highest BCUT2D eigenvalue weighted by Gasteiger charge is 2.51. The van der Waals surface area contributed by atoms with Crippen LogP contribution in [0.3, 0.4) is 0 Å². The molecule has 0 radical (unpaired) electrons. The minimum absolute atomic E-state index is 0.241. The molecule has 1 saturated carbocycles. The standard InChI is InChI=1S/C22H34BNO4/c1-20(2,3)26-19(25)24(14-16-8-9-16)15-17-10-12-18(13-11-17)23-27-21(4,5)22(6,7)28-23/h10-13,16H,8-9,14-15H2,1-7H3. The average Bonchev–Trinajstić information content (AvgIpc) is 3.32. The first-order valence-electron chi connectivity index (χ1n) is 10.3. The summed E-state index contributed by atoms with van der Waals surface area (Å²) in [6.07, 6.45) is 2.15. The van der Waals surface area contributed by atoms with Crippen molar-refractivity contribution in [2.24, 2.45) is 5.92 Å². The van der Waals surface area contributed by atoms with Gasteiger partial charge in [0, 0.05) is 13.1 Å². The molecular weight excluding hydrogens is 353 g/mol. The lowest BCUT2D eigenvalue weighted by molar-refractivity contribution is 0.00578. The third-order valence-electron chi connectivity index (χ3n) is 5.71. The third kappa shape index (κ3) is 5.09. The van der Waals surface area contributed by atoms with E-state index < -0.39 is 5.60 Å². The Bertz CT molecular complexity index is 688. The number of carbonyl (C=O) groups excluding carboxylic acids is 1. The second-order valence-electron chi connectivity index (χ2n) is 10.1. The van der Waals surface area contributed by atoms with Gasteiger partial charge in [0.15, 0.2) is 0 Å². The van der Waals surface area contributed by atoms with Gasteiger partial charge in [0.25, 0.3) is 0 Å². The van der Waals surface area contributed by atoms with Gasteiger partial charge in [-0.2, -0.15) is 0 Å². The smallest absolute Gasteiger partial charge is 0.444 e. The van der Waals surface area contributed by atoms with Gasteiger partial charge in [0.1, 0.15) is 5.60 Å². The highest BCUT2D eigenvalue weighted by atomic mass is 16.7. The van der Waals surface area contributed by atoms with Crippen molar-refractivity contribution in [2.45, 2.75) is 84.7 Å². The van der Waals surface area contributed by atoms with E-state index in [9.17, 15) is 4.79 Å². The molecule has 2 fully saturated rings. The van der Waals surface area contributed by atoms with Crippen molar-refractivity contribution in [3.63, 3.8) is 0 Å². The van der Waals surface area contributed by atoms with E-state index in [4.69, 9.17) is 14.0 Å². The van der Waals surface area contributed by atoms with Crippen LogP contribution in [-0.2, 0) is 20.6 Å². The Kier molecular flexibility index (Phi) is 5.58. The largest absolute Gasteiger partial charge is 0.494 e. The minimum atomic E-state index is -0.487. The van der Waals surface area contributed by atoms with Crippen molar-refractivity contribution in [3.8, 4) is 0 Å². The van der Waals surface area contributed by atoms with Gasteiger partial charge in [-0.25, -0.2) is 4.79 Å². The summed E-state index contributed by atoms with van der Waals surface area (Å²) in [5, 5.41) is 0. The summed E-state index contributed by atoms with van der Waals surface area (Å²) in [6, 6.07) is 8.15. The summed E-state index contributed by atoms with van der Waals surface area (Å²) in [5.41, 5.74) is 0.877. The Labute approximate surface area is 169 Å². The summed E-state index contributed by atoms with van der Waals surface area (Å²) < 4.78 is 17.8. The van der Waals surface area contributed by atoms with Gasteiger partial charge in [-0.3, -0.25) is 0 Å². The van der Waals surface area contributed by atoms with Gasteiger partial charge in [0.2, 0.25) is 0 Å². The van der Waals surface area contributed by atoms with Crippen LogP contribution in [0.25, 0.3) is 0 Å². The lowest BCUT2D eigenvalue weighted by atomic mass is 9.79. The first-order chi connectivity index (χ1) is 12.9. The number of nitrogens with zero attached hydrogens (tertiary/aromatic N) is 1. The Balaban J connectivity index is 1.67. The molecule has 1 aromatic carbocycles. The second-order valence-corrected chi connectivity index (χ2v) is 10.1. The van der Waals surface area contributed by atoms with Crippen LogP contribution in [0.15, 0.2) is 24.3 Å². The fraction of sp³-hybridized carbons (Fsp3) is 0.682. The van der Waals surface area contributed by atoms with Crippen LogP contribution in [0, 0.1) is 5.92 Å². The van der Waals surface area contributed by atoms with Gasteiger partial charge >= 0.3 is 13.2 Å². The predicted molar refractivity (Wildman–Crippen MR) is 112 cm³/mol. The summed E-state index contributed by atoms with van der Waals surface area (Å²) in [5.74, 6) is 0.608. The monoisotopic (exact) mass is 387 g/mol. The molecule has 1 aliphatic carbocycles. The molecule has 0 unspecified atom stereocenters. The van der Waals surface area contributed by atoms with E-state index in [2.05, 4.69) is 27.7 Å². The van der Waals surface area contributed by atoms with E-state index in [1.807, 2.05) is 49.9 Å². The molecule has 2 aliphatic rings. The van der Waals surface area contributed by atoms with Crippen LogP contribution in [0.5, 0.6) is 0 Å². The third-order valence-corrected chi connectivity index (χ3v) is 5.71. The topological polar surface area (TPSA) is 48.0 Å². The van der Waals surface area contributed by atoms with E-state index in [1.54, 1.807) is 0 Å². The molecule has 0 spiro atoms. The average molecular weight is 387 g/mol. The number of carbonyl (C=O) groups is 1. The van der Waals surface area contributed by atoms with E-state index >= 15 is 0 Å². The maximum Gasteiger partial charge on any atom is 0.494 e. The molecule has 0 N–H and O–H groups in total. The van der Waals surface area contributed by atoms with Crippen molar-refractivity contribution >= 4 is 18.7 Å². The number of ether oxygens (including phenoxy) is 1. The molecule has 1 aliphatic heterocycles. The van der Waals surface area contributed by atoms with Gasteiger partial charge in [-0.05, 0) is 78.3 Å². The summed E-state index contributed by atoms with van der Waals surface area (Å²) in [6.45, 7) is 15.2. The van der Waals surface area contributed by atoms with Gasteiger partial charge in [-0.15, -0.1) is 0 Å². The van der Waals surface area contributed by atoms with E-state index in [0.717, 1.165) is 17.6 Å². The Hall–Kier alpha value is -1.53. The number of hydrogen-bond donors (Lipinski definition) is 0. The first-order valence-corrected chi connectivity index (χ1v) is 10.3. The molecule has 1 amide bonds. The first kappa shape index (κ1) is 21.2. The van der Waals surface area contributed by atoms with Crippen molar-refractivity contribution in [1.82, 2.24) is 4.90 Å². The molecule has 6 heteroatoms. The zero-order chi connectivity index (χ0) is 20.7. The van der Waals surface area contributed by atoms with Crippen LogP contribution >= 0.6 is 0 Å². The van der Waals surface area contributed by atoms with E-state index in [0.29, 0.717) is 12.5 Å². The molecule has 3 rings (SSSR count). The van der Waals surface area contributed by atoms with Crippen LogP contribution in [-0.4, -0.2) is 41.5 Å². The lowest BCUT2D eigenvalue weighted by Gasteiger charge is -2.32. The summed E-state index contributed by atoms with van der Waals surface area (Å²) >= 11 is 0. The molecule has 1 heterocycles. The Morgan fingerprint density at radius 2 is 1.64 bits per heavy atom. The molecule has 28 heavy (non-hydrogen) atoms. The highest BCUT2D eigenvalue weighted by molar-refractivity contribution is 6.62. The van der Waals surface area contributed by atoms with Crippen molar-refractivity contribution in [1.29, 1.82) is 0 Å². The number of hydrogen-bond acceptors (Lipinski definition) is 4. The van der Waals surface area contributed by atoms with Crippen molar-refractivity contribution in [3.05, 3.63) is 29.8 Å². The van der Waals surface area contributed by atoms with Crippen LogP contribution in [0.4, 0.5) is 4.79 Å². The Morgan fingerprint density at radius 1 is 1.11 bits per heavy atom. The summed E-state index contributed by atoms with van der Waals surface area (Å²) in [7, 11) is -0.368. The van der Waals surface area contributed by atoms with Gasteiger partial charge in [-0.1, -0.05) is 24.3 Å². The van der Waals surface area contributed by atoms with Crippen LogP contribution < -0.4 is 5.46 Å². The summed E-state index contributed by atoms with van der Waals surface area (Å²) in [4.78, 5) is 14.4. The molecular formula is C22H34BNO4. The highest BCUT2D eigenvalue weighted by Crippen LogP contribution is 2.36. The molecule has 5 nitrogen and oxygen atoms in total. The minimum Gasteiger partial charge on any atom is -0.444 e. The van der Waals surface area contributed by atoms with E-state index in [-0.39, 0.29) is 24.4 Å². The van der Waals surface area contributed by atoms with Gasteiger partial charge in [0.05, 0.1) is 11.2 Å². The molecule has 1 saturated heterocycles. The maximum atomic E-state index is 12.6. The molecule has 0 aromatic heterocycles. The maximum absolute atomic E-state index is 12.6. The fourth-order valence-corrected chi connectivity index (χ4v) is 3.12. The number of benzene rings is 1. The Morgan fingerprint density at radius 3 is 2.11 bits per heavy atom. The van der Waals surface area contributed by atoms with E-state index in [1.165, 1.54) is 12.8 Å². The molecule has 1 aromatic rings. The lowest BCUT2D eigenvalue weighted by Crippen LogP contribution is -2.41. The van der Waals surface area contributed by atoms with Gasteiger partial charge < -0.3 is 18.9 Å². The quantitative estimate of drug-likeness (QED) is 0.713. The van der Waals surface area contributed by atoms with Crippen molar-refractivity contribution < 1.29 is 18.8 Å². The zero-order valence-corrected chi connectivity index (χ0v) is 18.4. The second kappa shape index (κ2) is 7.38. The molecule has 154 valence electrons. The van der Waals surface area contributed by atoms with Crippen molar-refractivity contribution in [2.75, 3.05) is 6.54 Å². The van der Waals surface area contributed by atoms with Crippen LogP contribution in [0.2, 0.25) is 0 Å². The SMILES string of the molecule is CC(C)(C)OC(=O)N(Cc1ccc(B2OC(C)(C)C(C)(C)O2)cc1)CC1CC1. The normalized spacial score (nSPS) is 20.9. The zero-order valence-electron chi connectivity index (χ0n) is 18.4. The fourth-order valence-electron chi connectivity index (χ4n) is 3.12. The predicted octanol–water partition coefficient (Wildman–Crippen LogP) is 4.13. The molecule has 0 bridgehead atoms. The molecule has 0 atom stereocenters. The number of amides is 1. The number of rotatable bonds is 5.